The quantitative estimate of drug-likeness (QED) is 0.681. The van der Waals surface area contributed by atoms with E-state index < -0.39 is 11.9 Å². The Morgan fingerprint density at radius 2 is 1.85 bits per heavy atom. The van der Waals surface area contributed by atoms with Gasteiger partial charge in [0.2, 0.25) is 0 Å². The summed E-state index contributed by atoms with van der Waals surface area (Å²) in [6.07, 6.45) is -4.40. The third kappa shape index (κ3) is 1.91. The first kappa shape index (κ1) is 9.83. The van der Waals surface area contributed by atoms with Crippen LogP contribution in [0.2, 0.25) is 0 Å². The number of nitrogen functional groups attached to an aromatic ring is 1. The van der Waals surface area contributed by atoms with E-state index in [0.29, 0.717) is 11.3 Å². The lowest BCUT2D eigenvalue weighted by Gasteiger charge is -2.09. The lowest BCUT2D eigenvalue weighted by atomic mass is 10.1. The zero-order valence-electron chi connectivity index (χ0n) is 7.24. The van der Waals surface area contributed by atoms with Crippen LogP contribution in [-0.2, 0) is 6.18 Å². The van der Waals surface area contributed by atoms with Crippen LogP contribution in [0.1, 0.15) is 17.0 Å². The summed E-state index contributed by atoms with van der Waals surface area (Å²) in [7, 11) is 0. The Morgan fingerprint density at radius 1 is 1.31 bits per heavy atom. The van der Waals surface area contributed by atoms with Gasteiger partial charge in [0.25, 0.3) is 0 Å². The van der Waals surface area contributed by atoms with Gasteiger partial charge in [-0.1, -0.05) is 0 Å². The Bertz CT molecular complexity index is 308. The zero-order chi connectivity index (χ0) is 10.2. The molecule has 1 rings (SSSR count). The first-order valence-electron chi connectivity index (χ1n) is 3.63. The number of rotatable bonds is 0. The Hall–Kier alpha value is -1.26. The number of alkyl halides is 3. The molecule has 0 saturated heterocycles. The van der Waals surface area contributed by atoms with Crippen LogP contribution < -0.4 is 5.73 Å². The van der Waals surface area contributed by atoms with Gasteiger partial charge in [-0.05, 0) is 25.5 Å². The van der Waals surface area contributed by atoms with Crippen LogP contribution in [0.5, 0.6) is 0 Å². The smallest absolute Gasteiger partial charge is 0.397 e. The van der Waals surface area contributed by atoms with Crippen LogP contribution in [0.3, 0.4) is 0 Å². The van der Waals surface area contributed by atoms with Crippen molar-refractivity contribution in [3.63, 3.8) is 0 Å². The van der Waals surface area contributed by atoms with Gasteiger partial charge in [-0.2, -0.15) is 13.2 Å². The van der Waals surface area contributed by atoms with Gasteiger partial charge in [0.1, 0.15) is 5.69 Å². The second-order valence-electron chi connectivity index (χ2n) is 2.82. The molecule has 0 fully saturated rings. The Morgan fingerprint density at radius 3 is 2.23 bits per heavy atom. The molecular weight excluding hydrogens is 181 g/mol. The van der Waals surface area contributed by atoms with Crippen molar-refractivity contribution < 1.29 is 13.2 Å². The van der Waals surface area contributed by atoms with Gasteiger partial charge in [0.15, 0.2) is 0 Å². The molecule has 0 aliphatic carbocycles. The number of hydrogen-bond donors (Lipinski definition) is 1. The number of aromatic nitrogens is 1. The summed E-state index contributed by atoms with van der Waals surface area (Å²) in [5.41, 5.74) is 5.50. The van der Waals surface area contributed by atoms with Crippen molar-refractivity contribution >= 4 is 5.69 Å². The Labute approximate surface area is 73.6 Å². The van der Waals surface area contributed by atoms with Gasteiger partial charge in [0, 0.05) is 0 Å². The average molecular weight is 190 g/mol. The van der Waals surface area contributed by atoms with E-state index in [0.717, 1.165) is 6.07 Å². The minimum Gasteiger partial charge on any atom is -0.397 e. The van der Waals surface area contributed by atoms with Gasteiger partial charge in [-0.3, -0.25) is 0 Å². The van der Waals surface area contributed by atoms with E-state index in [9.17, 15) is 13.2 Å². The molecule has 1 heterocycles. The van der Waals surface area contributed by atoms with Gasteiger partial charge in [0.05, 0.1) is 11.4 Å². The lowest BCUT2D eigenvalue weighted by molar-refractivity contribution is -0.141. The Balaban J connectivity index is 3.29. The Kier molecular flexibility index (Phi) is 2.19. The molecule has 0 amide bonds. The van der Waals surface area contributed by atoms with Crippen LogP contribution in [0.25, 0.3) is 0 Å². The van der Waals surface area contributed by atoms with Gasteiger partial charge < -0.3 is 5.73 Å². The zero-order valence-corrected chi connectivity index (χ0v) is 7.24. The summed E-state index contributed by atoms with van der Waals surface area (Å²) in [5.74, 6) is 0. The molecule has 0 aliphatic rings. The largest absolute Gasteiger partial charge is 0.433 e. The highest BCUT2D eigenvalue weighted by molar-refractivity contribution is 5.50. The normalized spacial score (nSPS) is 11.8. The van der Waals surface area contributed by atoms with Crippen molar-refractivity contribution in [2.24, 2.45) is 0 Å². The number of pyridine rings is 1. The second kappa shape index (κ2) is 2.90. The molecule has 0 saturated carbocycles. The molecule has 0 aliphatic heterocycles. The van der Waals surface area contributed by atoms with Gasteiger partial charge in [-0.25, -0.2) is 4.98 Å². The van der Waals surface area contributed by atoms with Crippen molar-refractivity contribution in [3.05, 3.63) is 23.0 Å². The van der Waals surface area contributed by atoms with Crippen molar-refractivity contribution in [1.82, 2.24) is 4.98 Å². The predicted molar refractivity (Wildman–Crippen MR) is 43.1 cm³/mol. The maximum Gasteiger partial charge on any atom is 0.433 e. The number of halogens is 3. The molecule has 0 atom stereocenters. The van der Waals surface area contributed by atoms with Crippen molar-refractivity contribution in [1.29, 1.82) is 0 Å². The third-order valence-electron chi connectivity index (χ3n) is 1.75. The number of aryl methyl sites for hydroxylation is 2. The summed E-state index contributed by atoms with van der Waals surface area (Å²) in [6, 6.07) is 0.947. The van der Waals surface area contributed by atoms with Gasteiger partial charge >= 0.3 is 6.18 Å². The molecule has 0 aromatic carbocycles. The highest BCUT2D eigenvalue weighted by atomic mass is 19.4. The van der Waals surface area contributed by atoms with Crippen LogP contribution in [0, 0.1) is 13.8 Å². The minimum absolute atomic E-state index is 0.215. The molecule has 0 unspecified atom stereocenters. The summed E-state index contributed by atoms with van der Waals surface area (Å²) in [4.78, 5) is 3.35. The topological polar surface area (TPSA) is 38.9 Å². The summed E-state index contributed by atoms with van der Waals surface area (Å²) >= 11 is 0. The van der Waals surface area contributed by atoms with E-state index in [1.54, 1.807) is 0 Å². The van der Waals surface area contributed by atoms with Crippen molar-refractivity contribution in [2.45, 2.75) is 20.0 Å². The lowest BCUT2D eigenvalue weighted by Crippen LogP contribution is -2.10. The third-order valence-corrected chi connectivity index (χ3v) is 1.75. The maximum atomic E-state index is 12.2. The van der Waals surface area contributed by atoms with E-state index in [2.05, 4.69) is 4.98 Å². The summed E-state index contributed by atoms with van der Waals surface area (Å²) in [6.45, 7) is 2.98. The van der Waals surface area contributed by atoms with E-state index in [1.807, 2.05) is 0 Å². The first-order valence-corrected chi connectivity index (χ1v) is 3.63. The van der Waals surface area contributed by atoms with Crippen LogP contribution in [0.15, 0.2) is 6.07 Å². The predicted octanol–water partition coefficient (Wildman–Crippen LogP) is 2.30. The fraction of sp³-hybridized carbons (Fsp3) is 0.375. The van der Waals surface area contributed by atoms with Gasteiger partial charge in [-0.15, -0.1) is 0 Å². The van der Waals surface area contributed by atoms with Crippen molar-refractivity contribution in [3.8, 4) is 0 Å². The van der Waals surface area contributed by atoms with E-state index in [1.165, 1.54) is 13.8 Å². The number of hydrogen-bond acceptors (Lipinski definition) is 2. The highest BCUT2D eigenvalue weighted by Gasteiger charge is 2.33. The molecule has 0 radical (unpaired) electrons. The van der Waals surface area contributed by atoms with E-state index in [4.69, 9.17) is 5.73 Å². The molecule has 1 aromatic rings. The fourth-order valence-corrected chi connectivity index (χ4v) is 0.987. The first-order chi connectivity index (χ1) is 5.82. The highest BCUT2D eigenvalue weighted by Crippen LogP contribution is 2.30. The number of nitrogens with zero attached hydrogens (tertiary/aromatic N) is 1. The molecule has 1 aromatic heterocycles. The average Bonchev–Trinajstić information content (AvgIpc) is 1.97. The second-order valence-corrected chi connectivity index (χ2v) is 2.82. The summed E-state index contributed by atoms with van der Waals surface area (Å²) < 4.78 is 36.5. The van der Waals surface area contributed by atoms with Crippen molar-refractivity contribution in [2.75, 3.05) is 5.73 Å². The van der Waals surface area contributed by atoms with Crippen LogP contribution in [-0.4, -0.2) is 4.98 Å². The fourth-order valence-electron chi connectivity index (χ4n) is 0.987. The summed E-state index contributed by atoms with van der Waals surface area (Å²) in [5, 5.41) is 0. The SMILES string of the molecule is Cc1cc(C(F)(F)F)nc(C)c1N. The molecule has 0 spiro atoms. The molecule has 2 nitrogen and oxygen atoms in total. The minimum atomic E-state index is -4.40. The number of nitrogens with two attached hydrogens (primary N) is 1. The molecule has 13 heavy (non-hydrogen) atoms. The number of anilines is 1. The van der Waals surface area contributed by atoms with Crippen LogP contribution in [0.4, 0.5) is 18.9 Å². The monoisotopic (exact) mass is 190 g/mol. The van der Waals surface area contributed by atoms with Crippen LogP contribution >= 0.6 is 0 Å². The molecule has 2 N–H and O–H groups in total. The maximum absolute atomic E-state index is 12.2. The molecule has 0 bridgehead atoms. The molecular formula is C8H9F3N2. The standard InChI is InChI=1S/C8H9F3N2/c1-4-3-6(8(9,10)11)13-5(2)7(4)12/h3H,12H2,1-2H3. The molecule has 5 heteroatoms. The van der Waals surface area contributed by atoms with E-state index >= 15 is 0 Å². The van der Waals surface area contributed by atoms with E-state index in [-0.39, 0.29) is 5.69 Å². The molecule has 72 valence electrons.